The van der Waals surface area contributed by atoms with Crippen molar-refractivity contribution in [1.82, 2.24) is 0 Å². The number of para-hydroxylation sites is 1. The number of nitrogens with zero attached hydrogens (tertiary/aromatic N) is 1. The average molecular weight is 740 g/mol. The molecule has 1 aromatic heterocycles. The molecule has 0 fully saturated rings. The molecule has 10 aromatic carbocycles. The van der Waals surface area contributed by atoms with E-state index < -0.39 is 0 Å². The van der Waals surface area contributed by atoms with Crippen molar-refractivity contribution in [3.05, 3.63) is 224 Å². The first kappa shape index (κ1) is 33.6. The van der Waals surface area contributed by atoms with Gasteiger partial charge in [-0.3, -0.25) is 0 Å². The molecule has 1 heterocycles. The van der Waals surface area contributed by atoms with Gasteiger partial charge in [0.15, 0.2) is 0 Å². The zero-order valence-electron chi connectivity index (χ0n) is 31.7. The zero-order valence-corrected chi connectivity index (χ0v) is 31.7. The molecule has 0 aliphatic rings. The molecule has 0 amide bonds. The Kier molecular flexibility index (Phi) is 8.19. The number of rotatable bonds is 7. The minimum atomic E-state index is 0.863. The van der Waals surface area contributed by atoms with Gasteiger partial charge < -0.3 is 9.32 Å². The quantitative estimate of drug-likeness (QED) is 0.151. The SMILES string of the molecule is c1ccc(-c2ccc(-c3ccc(N(c4ccc5c(c4)oc4ccccc45)c4ccc5c(c4)c(-c4ccccc4)c(-c4ccccc4)c4ccccc45)cc3)cc2)cc1. The van der Waals surface area contributed by atoms with E-state index in [1.807, 2.05) is 12.1 Å². The first-order valence-electron chi connectivity index (χ1n) is 19.8. The smallest absolute Gasteiger partial charge is 0.137 e. The second-order valence-corrected chi connectivity index (χ2v) is 14.9. The fraction of sp³-hybridized carbons (Fsp3) is 0. The maximum atomic E-state index is 6.47. The highest BCUT2D eigenvalue weighted by molar-refractivity contribution is 6.22. The highest BCUT2D eigenvalue weighted by atomic mass is 16.3. The predicted octanol–water partition coefficient (Wildman–Crippen LogP) is 16.0. The lowest BCUT2D eigenvalue weighted by Gasteiger charge is -2.27. The van der Waals surface area contributed by atoms with Crippen molar-refractivity contribution in [3.8, 4) is 44.5 Å². The lowest BCUT2D eigenvalue weighted by molar-refractivity contribution is 0.669. The van der Waals surface area contributed by atoms with Crippen LogP contribution >= 0.6 is 0 Å². The summed E-state index contributed by atoms with van der Waals surface area (Å²) in [5.41, 5.74) is 14.5. The Labute approximate surface area is 337 Å². The van der Waals surface area contributed by atoms with Crippen LogP contribution in [0.4, 0.5) is 17.1 Å². The second-order valence-electron chi connectivity index (χ2n) is 14.9. The maximum Gasteiger partial charge on any atom is 0.137 e. The largest absolute Gasteiger partial charge is 0.456 e. The van der Waals surface area contributed by atoms with Crippen molar-refractivity contribution >= 4 is 60.5 Å². The van der Waals surface area contributed by atoms with Gasteiger partial charge in [0.1, 0.15) is 11.2 Å². The first-order chi connectivity index (χ1) is 28.8. The van der Waals surface area contributed by atoms with E-state index in [9.17, 15) is 0 Å². The number of furan rings is 1. The summed E-state index contributed by atoms with van der Waals surface area (Å²) in [5.74, 6) is 0. The molecule has 2 nitrogen and oxygen atoms in total. The monoisotopic (exact) mass is 739 g/mol. The minimum absolute atomic E-state index is 0.863. The van der Waals surface area contributed by atoms with Gasteiger partial charge in [-0.25, -0.2) is 0 Å². The summed E-state index contributed by atoms with van der Waals surface area (Å²) >= 11 is 0. The molecule has 11 rings (SSSR count). The number of anilines is 3. The molecule has 0 saturated heterocycles. The van der Waals surface area contributed by atoms with Crippen LogP contribution in [0.5, 0.6) is 0 Å². The van der Waals surface area contributed by atoms with Crippen molar-refractivity contribution in [2.24, 2.45) is 0 Å². The molecular weight excluding hydrogens is 703 g/mol. The topological polar surface area (TPSA) is 16.4 Å². The predicted molar refractivity (Wildman–Crippen MR) is 245 cm³/mol. The number of hydrogen-bond donors (Lipinski definition) is 0. The maximum absolute atomic E-state index is 6.47. The molecule has 0 N–H and O–H groups in total. The lowest BCUT2D eigenvalue weighted by Crippen LogP contribution is -2.10. The Morgan fingerprint density at radius 1 is 0.241 bits per heavy atom. The zero-order chi connectivity index (χ0) is 38.4. The van der Waals surface area contributed by atoms with Gasteiger partial charge in [-0.15, -0.1) is 0 Å². The van der Waals surface area contributed by atoms with Gasteiger partial charge in [0.2, 0.25) is 0 Å². The second kappa shape index (κ2) is 14.1. The molecule has 0 bridgehead atoms. The van der Waals surface area contributed by atoms with Crippen LogP contribution in [0.1, 0.15) is 0 Å². The fourth-order valence-corrected chi connectivity index (χ4v) is 8.72. The third kappa shape index (κ3) is 5.82. The van der Waals surface area contributed by atoms with Crippen LogP contribution in [0.3, 0.4) is 0 Å². The van der Waals surface area contributed by atoms with E-state index in [1.165, 1.54) is 66.1 Å². The average Bonchev–Trinajstić information content (AvgIpc) is 3.68. The Morgan fingerprint density at radius 2 is 0.638 bits per heavy atom. The van der Waals surface area contributed by atoms with Crippen LogP contribution in [-0.4, -0.2) is 0 Å². The van der Waals surface area contributed by atoms with Crippen molar-refractivity contribution in [2.75, 3.05) is 4.90 Å². The van der Waals surface area contributed by atoms with E-state index >= 15 is 0 Å². The van der Waals surface area contributed by atoms with Crippen molar-refractivity contribution in [1.29, 1.82) is 0 Å². The van der Waals surface area contributed by atoms with Crippen molar-refractivity contribution in [2.45, 2.75) is 0 Å². The van der Waals surface area contributed by atoms with Crippen LogP contribution < -0.4 is 4.90 Å². The summed E-state index contributed by atoms with van der Waals surface area (Å²) in [6.45, 7) is 0. The van der Waals surface area contributed by atoms with E-state index in [0.29, 0.717) is 0 Å². The van der Waals surface area contributed by atoms with Crippen molar-refractivity contribution < 1.29 is 4.42 Å². The summed E-state index contributed by atoms with van der Waals surface area (Å²) in [7, 11) is 0. The highest BCUT2D eigenvalue weighted by Gasteiger charge is 2.21. The number of benzene rings is 10. The van der Waals surface area contributed by atoms with E-state index in [0.717, 1.165) is 39.0 Å². The molecule has 11 aromatic rings. The van der Waals surface area contributed by atoms with E-state index in [4.69, 9.17) is 4.42 Å². The lowest BCUT2D eigenvalue weighted by atomic mass is 9.85. The summed E-state index contributed by atoms with van der Waals surface area (Å²) in [6, 6.07) is 80.7. The van der Waals surface area contributed by atoms with Gasteiger partial charge in [0, 0.05) is 33.9 Å². The molecular formula is C56H37NO. The highest BCUT2D eigenvalue weighted by Crippen LogP contribution is 2.47. The van der Waals surface area contributed by atoms with Gasteiger partial charge in [-0.05, 0) is 109 Å². The molecule has 2 heteroatoms. The molecule has 0 spiro atoms. The van der Waals surface area contributed by atoms with Crippen LogP contribution in [-0.2, 0) is 0 Å². The third-order valence-corrected chi connectivity index (χ3v) is 11.5. The van der Waals surface area contributed by atoms with E-state index in [1.54, 1.807) is 0 Å². The van der Waals surface area contributed by atoms with Crippen LogP contribution in [0.2, 0.25) is 0 Å². The van der Waals surface area contributed by atoms with Gasteiger partial charge in [-0.2, -0.15) is 0 Å². The summed E-state index contributed by atoms with van der Waals surface area (Å²) in [5, 5.41) is 7.13. The van der Waals surface area contributed by atoms with E-state index in [-0.39, 0.29) is 0 Å². The minimum Gasteiger partial charge on any atom is -0.456 e. The fourth-order valence-electron chi connectivity index (χ4n) is 8.72. The Morgan fingerprint density at radius 3 is 1.26 bits per heavy atom. The first-order valence-corrected chi connectivity index (χ1v) is 19.8. The van der Waals surface area contributed by atoms with Gasteiger partial charge in [-0.1, -0.05) is 176 Å². The third-order valence-electron chi connectivity index (χ3n) is 11.5. The molecule has 272 valence electrons. The normalized spacial score (nSPS) is 11.4. The molecule has 58 heavy (non-hydrogen) atoms. The van der Waals surface area contributed by atoms with Gasteiger partial charge in [0.25, 0.3) is 0 Å². The summed E-state index contributed by atoms with van der Waals surface area (Å²) < 4.78 is 6.47. The van der Waals surface area contributed by atoms with Crippen LogP contribution in [0.25, 0.3) is 88.0 Å². The Balaban J connectivity index is 1.12. The molecule has 0 aliphatic carbocycles. The number of hydrogen-bond acceptors (Lipinski definition) is 2. The summed E-state index contributed by atoms with van der Waals surface area (Å²) in [4.78, 5) is 2.36. The van der Waals surface area contributed by atoms with Crippen LogP contribution in [0.15, 0.2) is 229 Å². The molecule has 0 saturated carbocycles. The Hall–Kier alpha value is -7.68. The van der Waals surface area contributed by atoms with Gasteiger partial charge in [0.05, 0.1) is 0 Å². The molecule has 0 aliphatic heterocycles. The molecule has 0 radical (unpaired) electrons. The summed E-state index contributed by atoms with van der Waals surface area (Å²) in [6.07, 6.45) is 0. The Bertz CT molecular complexity index is 3240. The van der Waals surface area contributed by atoms with Gasteiger partial charge >= 0.3 is 0 Å². The van der Waals surface area contributed by atoms with Crippen LogP contribution in [0, 0.1) is 0 Å². The number of fused-ring (bicyclic) bond motifs is 6. The molecule has 0 atom stereocenters. The van der Waals surface area contributed by atoms with Crippen molar-refractivity contribution in [3.63, 3.8) is 0 Å². The van der Waals surface area contributed by atoms with E-state index in [2.05, 4.69) is 217 Å². The standard InChI is InChI=1S/C56H37NO/c1-4-14-38(15-5-1)39-24-26-40(27-25-39)41-28-30-44(31-29-41)57(46-33-35-50-49-21-12-13-23-53(49)58-54(50)37-46)45-32-34-48-47-20-10-11-22-51(47)55(42-16-6-2-7-17-42)56(52(48)36-45)43-18-8-3-9-19-43/h1-37H. The molecule has 0 unspecified atom stereocenters.